The van der Waals surface area contributed by atoms with Gasteiger partial charge in [-0.1, -0.05) is 23.2 Å². The van der Waals surface area contributed by atoms with E-state index in [4.69, 9.17) is 39.5 Å². The van der Waals surface area contributed by atoms with Crippen molar-refractivity contribution in [2.24, 2.45) is 0 Å². The fourth-order valence-corrected chi connectivity index (χ4v) is 1.79. The Morgan fingerprint density at radius 2 is 2.00 bits per heavy atom. The first kappa shape index (κ1) is 11.8. The van der Waals surface area contributed by atoms with Crippen molar-refractivity contribution in [1.29, 1.82) is 0 Å². The second-order valence-electron chi connectivity index (χ2n) is 2.76. The number of anilines is 1. The first-order chi connectivity index (χ1) is 6.60. The molecule has 1 aromatic carbocycles. The van der Waals surface area contributed by atoms with Crippen LogP contribution in [0.25, 0.3) is 0 Å². The van der Waals surface area contributed by atoms with Gasteiger partial charge in [0.2, 0.25) is 0 Å². The fourth-order valence-electron chi connectivity index (χ4n) is 1.10. The summed E-state index contributed by atoms with van der Waals surface area (Å²) in [6.07, 6.45) is 0. The first-order valence-corrected chi connectivity index (χ1v) is 5.19. The van der Waals surface area contributed by atoms with Gasteiger partial charge in [0.25, 0.3) is 0 Å². The van der Waals surface area contributed by atoms with Crippen LogP contribution in [0.2, 0.25) is 10.0 Å². The molecule has 1 rings (SSSR count). The van der Waals surface area contributed by atoms with Gasteiger partial charge in [0, 0.05) is 12.1 Å². The molecule has 1 aromatic rings. The molecule has 0 unspecified atom stereocenters. The summed E-state index contributed by atoms with van der Waals surface area (Å²) >= 11 is 17.5. The molecule has 0 saturated heterocycles. The summed E-state index contributed by atoms with van der Waals surface area (Å²) in [6.45, 7) is 0. The van der Waals surface area contributed by atoms with Gasteiger partial charge in [-0.15, -0.1) is 11.6 Å². The molecule has 0 saturated carbocycles. The number of hydrogen-bond acceptors (Lipinski definition) is 2. The highest BCUT2D eigenvalue weighted by atomic mass is 35.5. The summed E-state index contributed by atoms with van der Waals surface area (Å²) in [7, 11) is 3.39. The summed E-state index contributed by atoms with van der Waals surface area (Å²) in [5.74, 6) is 0.583. The molecule has 0 fully saturated rings. The molecule has 5 heteroatoms. The standard InChI is InChI=1S/C9H10Cl3NO/c1-13(5-10)8-4-6(11)3-7(12)9(8)14-2/h3-4H,5H2,1-2H3. The van der Waals surface area contributed by atoms with Crippen LogP contribution in [-0.4, -0.2) is 20.2 Å². The first-order valence-electron chi connectivity index (χ1n) is 3.90. The third-order valence-electron chi connectivity index (χ3n) is 1.78. The SMILES string of the molecule is COc1c(Cl)cc(Cl)cc1N(C)CCl. The van der Waals surface area contributed by atoms with Gasteiger partial charge in [0.05, 0.1) is 23.8 Å². The minimum atomic E-state index is 0.340. The van der Waals surface area contributed by atoms with Crippen LogP contribution in [0.4, 0.5) is 5.69 Å². The largest absolute Gasteiger partial charge is 0.493 e. The van der Waals surface area contributed by atoms with E-state index in [0.717, 1.165) is 5.69 Å². The molecule has 0 radical (unpaired) electrons. The molecule has 0 amide bonds. The molecule has 0 atom stereocenters. The number of halogens is 3. The van der Waals surface area contributed by atoms with Crippen molar-refractivity contribution in [1.82, 2.24) is 0 Å². The molecule has 14 heavy (non-hydrogen) atoms. The summed E-state index contributed by atoms with van der Waals surface area (Å²) in [5.41, 5.74) is 0.778. The Balaban J connectivity index is 3.24. The van der Waals surface area contributed by atoms with Crippen LogP contribution < -0.4 is 9.64 Å². The van der Waals surface area contributed by atoms with Crippen molar-refractivity contribution in [3.05, 3.63) is 22.2 Å². The predicted molar refractivity (Wildman–Crippen MR) is 62.1 cm³/mol. The molecular weight excluding hydrogens is 244 g/mol. The topological polar surface area (TPSA) is 12.5 Å². The zero-order chi connectivity index (χ0) is 10.7. The van der Waals surface area contributed by atoms with E-state index in [1.165, 1.54) is 0 Å². The average molecular weight is 255 g/mol. The smallest absolute Gasteiger partial charge is 0.160 e. The molecule has 0 N–H and O–H groups in total. The van der Waals surface area contributed by atoms with Crippen molar-refractivity contribution >= 4 is 40.5 Å². The second-order valence-corrected chi connectivity index (χ2v) is 3.84. The molecule has 0 aliphatic carbocycles. The van der Waals surface area contributed by atoms with Crippen molar-refractivity contribution in [3.8, 4) is 5.75 Å². The zero-order valence-corrected chi connectivity index (χ0v) is 10.1. The van der Waals surface area contributed by atoms with Gasteiger partial charge in [0.15, 0.2) is 5.75 Å². The Labute approximate surface area is 98.3 Å². The molecule has 2 nitrogen and oxygen atoms in total. The van der Waals surface area contributed by atoms with Gasteiger partial charge < -0.3 is 9.64 Å². The minimum absolute atomic E-state index is 0.340. The van der Waals surface area contributed by atoms with E-state index in [-0.39, 0.29) is 0 Å². The Bertz CT molecular complexity index is 330. The number of hydrogen-bond donors (Lipinski definition) is 0. The molecule has 0 aliphatic heterocycles. The molecule has 78 valence electrons. The van der Waals surface area contributed by atoms with Crippen LogP contribution in [0.15, 0.2) is 12.1 Å². The Morgan fingerprint density at radius 3 is 2.50 bits per heavy atom. The van der Waals surface area contributed by atoms with Crippen LogP contribution in [0, 0.1) is 0 Å². The summed E-state index contributed by atoms with van der Waals surface area (Å²) in [6, 6.07) is 3.73. The van der Waals surface area contributed by atoms with Crippen LogP contribution in [0.5, 0.6) is 5.75 Å². The van der Waals surface area contributed by atoms with E-state index in [1.54, 1.807) is 24.1 Å². The van der Waals surface area contributed by atoms with E-state index in [0.29, 0.717) is 21.8 Å². The lowest BCUT2D eigenvalue weighted by molar-refractivity contribution is 0.415. The van der Waals surface area contributed by atoms with E-state index in [9.17, 15) is 0 Å². The van der Waals surface area contributed by atoms with E-state index in [1.807, 2.05) is 7.05 Å². The number of alkyl halides is 1. The molecule has 0 bridgehead atoms. The van der Waals surface area contributed by atoms with Gasteiger partial charge in [-0.05, 0) is 12.1 Å². The molecular formula is C9H10Cl3NO. The second kappa shape index (κ2) is 4.96. The maximum Gasteiger partial charge on any atom is 0.160 e. The average Bonchev–Trinajstić information content (AvgIpc) is 2.15. The lowest BCUT2D eigenvalue weighted by atomic mass is 10.3. The maximum absolute atomic E-state index is 5.96. The third kappa shape index (κ3) is 2.38. The quantitative estimate of drug-likeness (QED) is 0.603. The molecule has 0 spiro atoms. The summed E-state index contributed by atoms with van der Waals surface area (Å²) < 4.78 is 5.16. The van der Waals surface area contributed by atoms with E-state index >= 15 is 0 Å². The number of benzene rings is 1. The Hall–Kier alpha value is -0.310. The number of methoxy groups -OCH3 is 1. The van der Waals surface area contributed by atoms with Crippen molar-refractivity contribution in [2.45, 2.75) is 0 Å². The highest BCUT2D eigenvalue weighted by Crippen LogP contribution is 2.37. The normalized spacial score (nSPS) is 10.1. The van der Waals surface area contributed by atoms with Gasteiger partial charge in [-0.25, -0.2) is 0 Å². The van der Waals surface area contributed by atoms with Crippen molar-refractivity contribution < 1.29 is 4.74 Å². The van der Waals surface area contributed by atoms with Crippen LogP contribution >= 0.6 is 34.8 Å². The Morgan fingerprint density at radius 1 is 1.36 bits per heavy atom. The van der Waals surface area contributed by atoms with Crippen LogP contribution in [0.3, 0.4) is 0 Å². The molecule has 0 heterocycles. The van der Waals surface area contributed by atoms with Gasteiger partial charge in [-0.2, -0.15) is 0 Å². The minimum Gasteiger partial charge on any atom is -0.493 e. The summed E-state index contributed by atoms with van der Waals surface area (Å²) in [5, 5.41) is 1.04. The predicted octanol–water partition coefficient (Wildman–Crippen LogP) is 3.63. The van der Waals surface area contributed by atoms with Crippen LogP contribution in [-0.2, 0) is 0 Å². The monoisotopic (exact) mass is 253 g/mol. The Kier molecular flexibility index (Phi) is 4.17. The number of ether oxygens (including phenoxy) is 1. The lowest BCUT2D eigenvalue weighted by Crippen LogP contribution is -2.15. The molecule has 0 aromatic heterocycles. The van der Waals surface area contributed by atoms with Crippen molar-refractivity contribution in [2.75, 3.05) is 25.1 Å². The highest BCUT2D eigenvalue weighted by Gasteiger charge is 2.12. The van der Waals surface area contributed by atoms with Gasteiger partial charge >= 0.3 is 0 Å². The fraction of sp³-hybridized carbons (Fsp3) is 0.333. The van der Waals surface area contributed by atoms with E-state index < -0.39 is 0 Å². The van der Waals surface area contributed by atoms with Gasteiger partial charge in [0.1, 0.15) is 0 Å². The summed E-state index contributed by atoms with van der Waals surface area (Å²) in [4.78, 5) is 1.79. The van der Waals surface area contributed by atoms with Gasteiger partial charge in [-0.3, -0.25) is 0 Å². The third-order valence-corrected chi connectivity index (χ3v) is 2.64. The number of nitrogens with zero attached hydrogens (tertiary/aromatic N) is 1. The maximum atomic E-state index is 5.96. The van der Waals surface area contributed by atoms with Crippen molar-refractivity contribution in [3.63, 3.8) is 0 Å². The van der Waals surface area contributed by atoms with E-state index in [2.05, 4.69) is 0 Å². The lowest BCUT2D eigenvalue weighted by Gasteiger charge is -2.19. The highest BCUT2D eigenvalue weighted by molar-refractivity contribution is 6.36. The number of rotatable bonds is 3. The molecule has 0 aliphatic rings. The van der Waals surface area contributed by atoms with Crippen LogP contribution in [0.1, 0.15) is 0 Å². The zero-order valence-electron chi connectivity index (χ0n) is 7.85.